The van der Waals surface area contributed by atoms with Crippen LogP contribution in [-0.4, -0.2) is 12.6 Å². The fourth-order valence-corrected chi connectivity index (χ4v) is 2.45. The molecule has 1 saturated carbocycles. The van der Waals surface area contributed by atoms with Crippen molar-refractivity contribution in [2.24, 2.45) is 5.41 Å². The summed E-state index contributed by atoms with van der Waals surface area (Å²) >= 11 is 5.99. The molecule has 2 rings (SSSR count). The maximum Gasteiger partial charge on any atom is 0.0697 e. The highest BCUT2D eigenvalue weighted by molar-refractivity contribution is 6.30. The van der Waals surface area contributed by atoms with Crippen LogP contribution in [0, 0.1) is 16.7 Å². The summed E-state index contributed by atoms with van der Waals surface area (Å²) in [5.41, 5.74) is 1.06. The molecule has 1 aliphatic carbocycles. The van der Waals surface area contributed by atoms with Crippen LogP contribution in [0.3, 0.4) is 0 Å². The Morgan fingerprint density at radius 1 is 1.44 bits per heavy atom. The average Bonchev–Trinajstić information content (AvgIpc) is 2.27. The van der Waals surface area contributed by atoms with Gasteiger partial charge in [0.2, 0.25) is 0 Å². The molecule has 18 heavy (non-hydrogen) atoms. The van der Waals surface area contributed by atoms with Crippen LogP contribution in [0.2, 0.25) is 5.02 Å². The van der Waals surface area contributed by atoms with Gasteiger partial charge in [0.15, 0.2) is 0 Å². The van der Waals surface area contributed by atoms with Gasteiger partial charge < -0.3 is 5.32 Å². The second kappa shape index (κ2) is 5.30. The molecule has 1 fully saturated rings. The third kappa shape index (κ3) is 3.25. The smallest absolute Gasteiger partial charge is 0.0697 e. The summed E-state index contributed by atoms with van der Waals surface area (Å²) in [4.78, 5) is 0. The Morgan fingerprint density at radius 3 is 2.78 bits per heavy atom. The van der Waals surface area contributed by atoms with Gasteiger partial charge in [-0.2, -0.15) is 5.26 Å². The largest absolute Gasteiger partial charge is 0.312 e. The molecule has 0 aliphatic heterocycles. The van der Waals surface area contributed by atoms with E-state index < -0.39 is 0 Å². The molecule has 3 heteroatoms. The first-order valence-electron chi connectivity index (χ1n) is 6.40. The fourth-order valence-electron chi connectivity index (χ4n) is 2.26. The van der Waals surface area contributed by atoms with Crippen LogP contribution in [0.5, 0.6) is 0 Å². The molecule has 0 atom stereocenters. The van der Waals surface area contributed by atoms with Crippen LogP contribution in [0.25, 0.3) is 0 Å². The molecule has 0 bridgehead atoms. The molecule has 0 amide bonds. The highest BCUT2D eigenvalue weighted by Crippen LogP contribution is 2.37. The molecular formula is C15H19ClN2. The Bertz CT molecular complexity index is 456. The van der Waals surface area contributed by atoms with Gasteiger partial charge in [-0.05, 0) is 50.3 Å². The molecule has 1 aliphatic rings. The minimum Gasteiger partial charge on any atom is -0.312 e. The van der Waals surface area contributed by atoms with E-state index in [0.717, 1.165) is 24.4 Å². The Labute approximate surface area is 114 Å². The number of nitriles is 1. The van der Waals surface area contributed by atoms with Gasteiger partial charge in [0.1, 0.15) is 0 Å². The summed E-state index contributed by atoms with van der Waals surface area (Å²) in [7, 11) is 0. The van der Waals surface area contributed by atoms with Crippen LogP contribution in [0.15, 0.2) is 24.3 Å². The van der Waals surface area contributed by atoms with Gasteiger partial charge in [-0.25, -0.2) is 0 Å². The molecule has 2 nitrogen and oxygen atoms in total. The molecule has 1 N–H and O–H groups in total. The Balaban J connectivity index is 1.80. The zero-order valence-electron chi connectivity index (χ0n) is 10.9. The van der Waals surface area contributed by atoms with E-state index >= 15 is 0 Å². The predicted octanol–water partition coefficient (Wildman–Crippen LogP) is 3.73. The maximum atomic E-state index is 8.95. The number of hydrogen-bond acceptors (Lipinski definition) is 2. The number of benzene rings is 1. The van der Waals surface area contributed by atoms with Crippen LogP contribution >= 0.6 is 11.6 Å². The molecule has 0 radical (unpaired) electrons. The van der Waals surface area contributed by atoms with E-state index in [1.54, 1.807) is 0 Å². The number of nitrogens with one attached hydrogen (secondary N) is 1. The van der Waals surface area contributed by atoms with Crippen LogP contribution in [-0.2, 0) is 0 Å². The van der Waals surface area contributed by atoms with Gasteiger partial charge in [0.05, 0.1) is 11.5 Å². The quantitative estimate of drug-likeness (QED) is 0.898. The molecule has 0 saturated heterocycles. The van der Waals surface area contributed by atoms with E-state index in [0.29, 0.717) is 12.0 Å². The van der Waals surface area contributed by atoms with E-state index in [1.165, 1.54) is 5.56 Å². The van der Waals surface area contributed by atoms with Gasteiger partial charge in [-0.15, -0.1) is 0 Å². The van der Waals surface area contributed by atoms with Crippen molar-refractivity contribution in [3.8, 4) is 6.07 Å². The van der Waals surface area contributed by atoms with Crippen molar-refractivity contribution in [1.29, 1.82) is 5.26 Å². The number of hydrogen-bond donors (Lipinski definition) is 1. The molecule has 1 aromatic rings. The topological polar surface area (TPSA) is 35.8 Å². The lowest BCUT2D eigenvalue weighted by molar-refractivity contribution is 0.268. The molecule has 0 unspecified atom stereocenters. The van der Waals surface area contributed by atoms with E-state index in [1.807, 2.05) is 26.0 Å². The first kappa shape index (κ1) is 13.4. The summed E-state index contributed by atoms with van der Waals surface area (Å²) in [6, 6.07) is 11.0. The van der Waals surface area contributed by atoms with E-state index in [-0.39, 0.29) is 5.41 Å². The number of rotatable bonds is 4. The van der Waals surface area contributed by atoms with Crippen molar-refractivity contribution in [2.45, 2.75) is 38.6 Å². The summed E-state index contributed by atoms with van der Waals surface area (Å²) in [5.74, 6) is 0.617. The second-order valence-corrected chi connectivity index (χ2v) is 6.23. The molecule has 96 valence electrons. The van der Waals surface area contributed by atoms with E-state index in [4.69, 9.17) is 16.9 Å². The Morgan fingerprint density at radius 2 is 2.17 bits per heavy atom. The van der Waals surface area contributed by atoms with Gasteiger partial charge in [-0.3, -0.25) is 0 Å². The van der Waals surface area contributed by atoms with Gasteiger partial charge in [0.25, 0.3) is 0 Å². The maximum absolute atomic E-state index is 8.95. The Hall–Kier alpha value is -1.04. The highest BCUT2D eigenvalue weighted by Gasteiger charge is 2.31. The summed E-state index contributed by atoms with van der Waals surface area (Å²) in [5, 5.41) is 13.2. The number of nitrogens with zero attached hydrogens (tertiary/aromatic N) is 1. The van der Waals surface area contributed by atoms with Gasteiger partial charge in [0, 0.05) is 17.6 Å². The third-order valence-corrected chi connectivity index (χ3v) is 3.83. The SMILES string of the molecule is CC(C)(C#N)CNC1CC(c2cccc(Cl)c2)C1. The van der Waals surface area contributed by atoms with Crippen molar-refractivity contribution in [1.82, 2.24) is 5.32 Å². The molecule has 0 spiro atoms. The zero-order valence-corrected chi connectivity index (χ0v) is 11.7. The highest BCUT2D eigenvalue weighted by atomic mass is 35.5. The lowest BCUT2D eigenvalue weighted by Gasteiger charge is -2.37. The summed E-state index contributed by atoms with van der Waals surface area (Å²) in [6.45, 7) is 4.69. The minimum atomic E-state index is -0.277. The van der Waals surface area contributed by atoms with E-state index in [9.17, 15) is 0 Å². The fraction of sp³-hybridized carbons (Fsp3) is 0.533. The van der Waals surface area contributed by atoms with Crippen molar-refractivity contribution in [3.05, 3.63) is 34.9 Å². The summed E-state index contributed by atoms with van der Waals surface area (Å²) < 4.78 is 0. The zero-order chi connectivity index (χ0) is 13.2. The number of halogens is 1. The lowest BCUT2D eigenvalue weighted by Crippen LogP contribution is -2.43. The lowest BCUT2D eigenvalue weighted by atomic mass is 9.75. The third-order valence-electron chi connectivity index (χ3n) is 3.59. The van der Waals surface area contributed by atoms with Crippen molar-refractivity contribution < 1.29 is 0 Å². The van der Waals surface area contributed by atoms with Crippen molar-refractivity contribution in [2.75, 3.05) is 6.54 Å². The predicted molar refractivity (Wildman–Crippen MR) is 74.6 cm³/mol. The minimum absolute atomic E-state index is 0.277. The van der Waals surface area contributed by atoms with E-state index in [2.05, 4.69) is 23.5 Å². The second-order valence-electron chi connectivity index (χ2n) is 5.80. The van der Waals surface area contributed by atoms with Crippen molar-refractivity contribution in [3.63, 3.8) is 0 Å². The van der Waals surface area contributed by atoms with Gasteiger partial charge >= 0.3 is 0 Å². The van der Waals surface area contributed by atoms with Crippen LogP contribution < -0.4 is 5.32 Å². The average molecular weight is 263 g/mol. The first-order chi connectivity index (χ1) is 8.50. The molecule has 0 heterocycles. The molecular weight excluding hydrogens is 244 g/mol. The Kier molecular flexibility index (Phi) is 3.94. The molecule has 0 aromatic heterocycles. The monoisotopic (exact) mass is 262 g/mol. The normalized spacial score (nSPS) is 23.2. The van der Waals surface area contributed by atoms with Gasteiger partial charge in [-0.1, -0.05) is 23.7 Å². The van der Waals surface area contributed by atoms with Crippen LogP contribution in [0.4, 0.5) is 0 Å². The molecule has 1 aromatic carbocycles. The first-order valence-corrected chi connectivity index (χ1v) is 6.78. The standard InChI is InChI=1S/C15H19ClN2/c1-15(2,9-17)10-18-14-7-12(8-14)11-4-3-5-13(16)6-11/h3-6,12,14,18H,7-8,10H2,1-2H3. The van der Waals surface area contributed by atoms with Crippen molar-refractivity contribution >= 4 is 11.6 Å². The van der Waals surface area contributed by atoms with Crippen LogP contribution in [0.1, 0.15) is 38.2 Å². The summed E-state index contributed by atoms with van der Waals surface area (Å²) in [6.07, 6.45) is 2.28.